The van der Waals surface area contributed by atoms with Crippen LogP contribution in [0.1, 0.15) is 24.2 Å². The minimum Gasteiger partial charge on any atom is -0.433 e. The number of thiophene rings is 1. The molecule has 0 aliphatic carbocycles. The number of alkyl halides is 2. The Morgan fingerprint density at radius 1 is 1.19 bits per heavy atom. The van der Waals surface area contributed by atoms with Gasteiger partial charge >= 0.3 is 6.61 Å². The van der Waals surface area contributed by atoms with Gasteiger partial charge in [0.1, 0.15) is 10.0 Å². The number of primary amides is 1. The summed E-state index contributed by atoms with van der Waals surface area (Å²) >= 11 is 7.48. The predicted molar refractivity (Wildman–Crippen MR) is 138 cm³/mol. The third kappa shape index (κ3) is 6.12. The number of nitrogens with one attached hydrogen (secondary N) is 2. The second-order valence-corrected chi connectivity index (χ2v) is 9.67. The van der Waals surface area contributed by atoms with Gasteiger partial charge in [0.25, 0.3) is 5.91 Å². The van der Waals surface area contributed by atoms with Crippen molar-refractivity contribution in [3.63, 3.8) is 0 Å². The molecule has 4 N–H and O–H groups in total. The minimum absolute atomic E-state index is 0.0314. The van der Waals surface area contributed by atoms with Gasteiger partial charge in [0.15, 0.2) is 11.6 Å². The molecule has 1 saturated heterocycles. The normalized spacial score (nSPS) is 14.4. The molecule has 36 heavy (non-hydrogen) atoms. The predicted octanol–water partition coefficient (Wildman–Crippen LogP) is 4.91. The van der Waals surface area contributed by atoms with Gasteiger partial charge in [-0.05, 0) is 37.4 Å². The van der Waals surface area contributed by atoms with Crippen LogP contribution in [-0.2, 0) is 0 Å². The molecule has 192 valence electrons. The number of ether oxygens (including phenoxy) is 1. The van der Waals surface area contributed by atoms with Crippen LogP contribution < -0.4 is 26.0 Å². The standard InChI is InChI=1S/C23H26ClF2N7O2S/c1-13(2)32-6-8-33(9-7-32)14-3-4-17(18(11-14)35-22(25)26)29-23-28-12-16(24)20(31-23)30-21-15(19(27)34)5-10-36-21/h3-5,10-13,22H,6-9H2,1-2H3,(H2,27,34)(H2,28,29,30,31). The van der Waals surface area contributed by atoms with Gasteiger partial charge in [-0.15, -0.1) is 11.3 Å². The number of hydrogen-bond acceptors (Lipinski definition) is 9. The molecule has 1 aromatic carbocycles. The number of amides is 1. The first kappa shape index (κ1) is 25.9. The molecule has 4 rings (SSSR count). The van der Waals surface area contributed by atoms with Crippen LogP contribution in [0.2, 0.25) is 5.02 Å². The monoisotopic (exact) mass is 537 g/mol. The summed E-state index contributed by atoms with van der Waals surface area (Å²) in [6, 6.07) is 7.11. The van der Waals surface area contributed by atoms with Gasteiger partial charge in [0, 0.05) is 44.0 Å². The van der Waals surface area contributed by atoms with E-state index in [2.05, 4.69) is 44.2 Å². The summed E-state index contributed by atoms with van der Waals surface area (Å²) in [7, 11) is 0. The second kappa shape index (κ2) is 11.2. The third-order valence-electron chi connectivity index (χ3n) is 5.74. The Balaban J connectivity index is 1.55. The molecule has 1 aliphatic rings. The van der Waals surface area contributed by atoms with Crippen molar-refractivity contribution in [2.24, 2.45) is 5.73 Å². The highest BCUT2D eigenvalue weighted by Crippen LogP contribution is 2.35. The molecule has 0 unspecified atom stereocenters. The molecule has 1 amide bonds. The summed E-state index contributed by atoms with van der Waals surface area (Å²) in [5.41, 5.74) is 6.74. The van der Waals surface area contributed by atoms with E-state index in [1.807, 2.05) is 6.07 Å². The number of halogens is 3. The molecular formula is C23H26ClF2N7O2S. The van der Waals surface area contributed by atoms with Crippen LogP contribution >= 0.6 is 22.9 Å². The highest BCUT2D eigenvalue weighted by atomic mass is 35.5. The Morgan fingerprint density at radius 2 is 1.94 bits per heavy atom. The van der Waals surface area contributed by atoms with Crippen LogP contribution in [-0.4, -0.2) is 59.6 Å². The van der Waals surface area contributed by atoms with Crippen molar-refractivity contribution in [1.29, 1.82) is 0 Å². The van der Waals surface area contributed by atoms with Crippen LogP contribution in [0, 0.1) is 0 Å². The van der Waals surface area contributed by atoms with E-state index in [4.69, 9.17) is 22.1 Å². The molecule has 0 spiro atoms. The van der Waals surface area contributed by atoms with Gasteiger partial charge in [-0.2, -0.15) is 13.8 Å². The number of carbonyl (C=O) groups excluding carboxylic acids is 1. The largest absolute Gasteiger partial charge is 0.433 e. The SMILES string of the molecule is CC(C)N1CCN(c2ccc(Nc3ncc(Cl)c(Nc4sccc4C(N)=O)n3)c(OC(F)F)c2)CC1. The number of rotatable bonds is 9. The van der Waals surface area contributed by atoms with Gasteiger partial charge < -0.3 is 26.0 Å². The van der Waals surface area contributed by atoms with Crippen LogP contribution in [0.5, 0.6) is 5.75 Å². The molecule has 0 atom stereocenters. The number of carbonyl (C=O) groups is 1. The summed E-state index contributed by atoms with van der Waals surface area (Å²) in [5, 5.41) is 8.26. The molecule has 3 aromatic rings. The van der Waals surface area contributed by atoms with Crippen LogP contribution in [0.4, 0.5) is 36.9 Å². The van der Waals surface area contributed by atoms with Crippen molar-refractivity contribution >= 4 is 57.0 Å². The first-order chi connectivity index (χ1) is 17.2. The van der Waals surface area contributed by atoms with E-state index < -0.39 is 12.5 Å². The lowest BCUT2D eigenvalue weighted by atomic mass is 10.2. The van der Waals surface area contributed by atoms with E-state index >= 15 is 0 Å². The fourth-order valence-corrected chi connectivity index (χ4v) is 4.77. The lowest BCUT2D eigenvalue weighted by Gasteiger charge is -2.38. The summed E-state index contributed by atoms with van der Waals surface area (Å²) in [6.07, 6.45) is 1.35. The Morgan fingerprint density at radius 3 is 2.61 bits per heavy atom. The van der Waals surface area contributed by atoms with Crippen molar-refractivity contribution in [3.8, 4) is 5.75 Å². The minimum atomic E-state index is -3.01. The number of hydrogen-bond donors (Lipinski definition) is 3. The zero-order chi connectivity index (χ0) is 25.8. The quantitative estimate of drug-likeness (QED) is 0.353. The van der Waals surface area contributed by atoms with Gasteiger partial charge in [-0.3, -0.25) is 9.69 Å². The number of piperazine rings is 1. The van der Waals surface area contributed by atoms with E-state index in [0.717, 1.165) is 31.9 Å². The Labute approximate surface area is 216 Å². The van der Waals surface area contributed by atoms with Crippen LogP contribution in [0.25, 0.3) is 0 Å². The highest BCUT2D eigenvalue weighted by molar-refractivity contribution is 7.14. The average molecular weight is 538 g/mol. The highest BCUT2D eigenvalue weighted by Gasteiger charge is 2.21. The van der Waals surface area contributed by atoms with Gasteiger partial charge in [0.2, 0.25) is 5.95 Å². The van der Waals surface area contributed by atoms with Crippen molar-refractivity contribution in [2.45, 2.75) is 26.5 Å². The lowest BCUT2D eigenvalue weighted by Crippen LogP contribution is -2.48. The smallest absolute Gasteiger partial charge is 0.387 e. The molecule has 3 heterocycles. The van der Waals surface area contributed by atoms with Crippen LogP contribution in [0.3, 0.4) is 0 Å². The maximum atomic E-state index is 13.2. The second-order valence-electron chi connectivity index (χ2n) is 8.34. The van der Waals surface area contributed by atoms with Crippen molar-refractivity contribution in [3.05, 3.63) is 46.4 Å². The van der Waals surface area contributed by atoms with Crippen molar-refractivity contribution < 1.29 is 18.3 Å². The van der Waals surface area contributed by atoms with Crippen molar-refractivity contribution in [1.82, 2.24) is 14.9 Å². The van der Waals surface area contributed by atoms with Crippen molar-refractivity contribution in [2.75, 3.05) is 41.7 Å². The Hall–Kier alpha value is -3.22. The Kier molecular flexibility index (Phi) is 8.07. The van der Waals surface area contributed by atoms with E-state index in [-0.39, 0.29) is 28.2 Å². The van der Waals surface area contributed by atoms with E-state index in [1.54, 1.807) is 23.6 Å². The average Bonchev–Trinajstić information content (AvgIpc) is 3.30. The van der Waals surface area contributed by atoms with Gasteiger partial charge in [-0.1, -0.05) is 11.6 Å². The number of anilines is 5. The molecule has 1 fully saturated rings. The molecule has 1 aliphatic heterocycles. The summed E-state index contributed by atoms with van der Waals surface area (Å²) in [5.74, 6) is -0.315. The first-order valence-electron chi connectivity index (χ1n) is 11.2. The summed E-state index contributed by atoms with van der Waals surface area (Å²) in [4.78, 5) is 24.6. The molecule has 0 saturated carbocycles. The lowest BCUT2D eigenvalue weighted by molar-refractivity contribution is -0.0493. The molecule has 0 radical (unpaired) electrons. The fraction of sp³-hybridized carbons (Fsp3) is 0.348. The maximum absolute atomic E-state index is 13.2. The molecule has 9 nitrogen and oxygen atoms in total. The van der Waals surface area contributed by atoms with Gasteiger partial charge in [0.05, 0.1) is 17.4 Å². The summed E-state index contributed by atoms with van der Waals surface area (Å²) in [6.45, 7) is 4.64. The van der Waals surface area contributed by atoms with E-state index in [9.17, 15) is 13.6 Å². The summed E-state index contributed by atoms with van der Waals surface area (Å²) < 4.78 is 31.2. The molecule has 13 heteroatoms. The zero-order valence-corrected chi connectivity index (χ0v) is 21.2. The topological polar surface area (TPSA) is 109 Å². The number of nitrogens with two attached hydrogens (primary N) is 1. The molecule has 2 aromatic heterocycles. The third-order valence-corrected chi connectivity index (χ3v) is 6.85. The molecule has 0 bridgehead atoms. The maximum Gasteiger partial charge on any atom is 0.387 e. The van der Waals surface area contributed by atoms with E-state index in [1.165, 1.54) is 17.5 Å². The fourth-order valence-electron chi connectivity index (χ4n) is 3.84. The first-order valence-corrected chi connectivity index (χ1v) is 12.5. The zero-order valence-electron chi connectivity index (χ0n) is 19.7. The van der Waals surface area contributed by atoms with Crippen LogP contribution in [0.15, 0.2) is 35.8 Å². The number of aromatic nitrogens is 2. The van der Waals surface area contributed by atoms with Gasteiger partial charge in [-0.25, -0.2) is 4.98 Å². The molecular weight excluding hydrogens is 512 g/mol. The van der Waals surface area contributed by atoms with E-state index in [0.29, 0.717) is 16.6 Å². The Bertz CT molecular complexity index is 1220. The number of nitrogens with zero attached hydrogens (tertiary/aromatic N) is 4. The number of benzene rings is 1.